The summed E-state index contributed by atoms with van der Waals surface area (Å²) >= 11 is 12.5. The Labute approximate surface area is 213 Å². The van der Waals surface area contributed by atoms with Gasteiger partial charge in [0.15, 0.2) is 11.6 Å². The Balaban J connectivity index is 1.60. The van der Waals surface area contributed by atoms with Gasteiger partial charge in [-0.1, -0.05) is 35.3 Å². The Kier molecular flexibility index (Phi) is 7.51. The lowest BCUT2D eigenvalue weighted by Gasteiger charge is -2.25. The molecule has 0 fully saturated rings. The van der Waals surface area contributed by atoms with Crippen molar-refractivity contribution in [3.05, 3.63) is 82.1 Å². The van der Waals surface area contributed by atoms with E-state index in [0.717, 1.165) is 11.6 Å². The molecule has 7 nitrogen and oxygen atoms in total. The highest BCUT2D eigenvalue weighted by Crippen LogP contribution is 2.40. The molecule has 0 saturated heterocycles. The number of methoxy groups -OCH3 is 2. The summed E-state index contributed by atoms with van der Waals surface area (Å²) < 4.78 is 52.2. The third kappa shape index (κ3) is 5.54. The Morgan fingerprint density at radius 3 is 2.43 bits per heavy atom. The molecule has 0 spiro atoms. The second kappa shape index (κ2) is 10.4. The quantitative estimate of drug-likeness (QED) is 0.414. The van der Waals surface area contributed by atoms with E-state index < -0.39 is 15.8 Å². The Morgan fingerprint density at radius 2 is 1.80 bits per heavy atom. The van der Waals surface area contributed by atoms with Gasteiger partial charge in [0.05, 0.1) is 48.1 Å². The minimum absolute atomic E-state index is 0.0399. The van der Waals surface area contributed by atoms with Crippen molar-refractivity contribution in [2.45, 2.75) is 17.4 Å². The van der Waals surface area contributed by atoms with Crippen molar-refractivity contribution in [1.82, 2.24) is 4.72 Å². The number of nitrogens with zero attached hydrogens (tertiary/aromatic N) is 2. The molecule has 1 atom stereocenters. The summed E-state index contributed by atoms with van der Waals surface area (Å²) in [6, 6.07) is 15.8. The van der Waals surface area contributed by atoms with Crippen molar-refractivity contribution < 1.29 is 22.3 Å². The first kappa shape index (κ1) is 25.2. The molecule has 0 radical (unpaired) electrons. The molecule has 0 saturated carbocycles. The number of nitrogens with one attached hydrogen (secondary N) is 1. The van der Waals surface area contributed by atoms with Gasteiger partial charge in [-0.25, -0.2) is 17.5 Å². The summed E-state index contributed by atoms with van der Waals surface area (Å²) in [5.41, 5.74) is 2.15. The zero-order valence-corrected chi connectivity index (χ0v) is 21.2. The number of ether oxygens (including phenoxy) is 2. The van der Waals surface area contributed by atoms with E-state index in [1.54, 1.807) is 30.3 Å². The molecule has 0 bridgehead atoms. The number of hydrogen-bond acceptors (Lipinski definition) is 6. The average Bonchev–Trinajstić information content (AvgIpc) is 3.27. The molecule has 0 aliphatic carbocycles. The van der Waals surface area contributed by atoms with Crippen LogP contribution < -0.4 is 19.2 Å². The van der Waals surface area contributed by atoms with E-state index in [9.17, 15) is 12.8 Å². The van der Waals surface area contributed by atoms with Gasteiger partial charge >= 0.3 is 0 Å². The summed E-state index contributed by atoms with van der Waals surface area (Å²) in [4.78, 5) is -0.210. The number of sulfonamides is 1. The van der Waals surface area contributed by atoms with Crippen LogP contribution in [0.2, 0.25) is 10.0 Å². The van der Waals surface area contributed by atoms with Gasteiger partial charge in [-0.2, -0.15) is 5.10 Å². The smallest absolute Gasteiger partial charge is 0.241 e. The van der Waals surface area contributed by atoms with Crippen LogP contribution in [0, 0.1) is 5.82 Å². The number of halogens is 3. The molecule has 1 aliphatic heterocycles. The second-order valence-corrected chi connectivity index (χ2v) is 10.3. The summed E-state index contributed by atoms with van der Waals surface area (Å²) in [5.74, 6) is -0.0953. The molecule has 35 heavy (non-hydrogen) atoms. The van der Waals surface area contributed by atoms with Gasteiger partial charge < -0.3 is 9.47 Å². The van der Waals surface area contributed by atoms with Crippen molar-refractivity contribution >= 4 is 44.6 Å². The minimum atomic E-state index is -3.99. The van der Waals surface area contributed by atoms with Crippen molar-refractivity contribution in [2.24, 2.45) is 5.10 Å². The first-order chi connectivity index (χ1) is 16.7. The van der Waals surface area contributed by atoms with Crippen LogP contribution in [0.3, 0.4) is 0 Å². The van der Waals surface area contributed by atoms with Gasteiger partial charge in [0.1, 0.15) is 5.75 Å². The van der Waals surface area contributed by atoms with Crippen LogP contribution in [0.5, 0.6) is 11.5 Å². The topological polar surface area (TPSA) is 80.2 Å². The fraction of sp³-hybridized carbons (Fsp3) is 0.208. The van der Waals surface area contributed by atoms with Crippen molar-refractivity contribution in [1.29, 1.82) is 0 Å². The van der Waals surface area contributed by atoms with Gasteiger partial charge in [-0.3, -0.25) is 5.01 Å². The molecular weight excluding hydrogens is 516 g/mol. The molecule has 0 aromatic heterocycles. The molecule has 11 heteroatoms. The van der Waals surface area contributed by atoms with Gasteiger partial charge in [0, 0.05) is 11.4 Å². The highest BCUT2D eigenvalue weighted by atomic mass is 35.5. The number of hydrazone groups is 1. The molecule has 1 unspecified atom stereocenters. The molecule has 0 amide bonds. The molecule has 3 aromatic carbocycles. The van der Waals surface area contributed by atoms with Crippen LogP contribution in [-0.4, -0.2) is 34.9 Å². The zero-order chi connectivity index (χ0) is 25.2. The monoisotopic (exact) mass is 537 g/mol. The van der Waals surface area contributed by atoms with Crippen LogP contribution in [0.15, 0.2) is 70.7 Å². The summed E-state index contributed by atoms with van der Waals surface area (Å²) in [6.45, 7) is -0.0651. The van der Waals surface area contributed by atoms with E-state index in [1.165, 1.54) is 19.2 Å². The fourth-order valence-corrected chi connectivity index (χ4v) is 5.25. The van der Waals surface area contributed by atoms with Crippen LogP contribution in [0.1, 0.15) is 18.0 Å². The first-order valence-corrected chi connectivity index (χ1v) is 12.7. The van der Waals surface area contributed by atoms with Gasteiger partial charge in [-0.05, 0) is 54.1 Å². The second-order valence-electron chi connectivity index (χ2n) is 7.72. The maximum Gasteiger partial charge on any atom is 0.241 e. The molecule has 184 valence electrons. The molecule has 1 aliphatic rings. The van der Waals surface area contributed by atoms with E-state index >= 15 is 0 Å². The maximum absolute atomic E-state index is 14.0. The third-order valence-corrected chi connectivity index (χ3v) is 7.47. The average molecular weight is 538 g/mol. The van der Waals surface area contributed by atoms with Crippen molar-refractivity contribution in [3.8, 4) is 11.5 Å². The van der Waals surface area contributed by atoms with Crippen molar-refractivity contribution in [3.63, 3.8) is 0 Å². The summed E-state index contributed by atoms with van der Waals surface area (Å²) in [7, 11) is -1.09. The molecular formula is C24H22Cl2FN3O4S. The lowest BCUT2D eigenvalue weighted by molar-refractivity contribution is 0.385. The van der Waals surface area contributed by atoms with E-state index in [-0.39, 0.29) is 23.2 Å². The number of hydrogen-bond donors (Lipinski definition) is 1. The zero-order valence-electron chi connectivity index (χ0n) is 18.8. The lowest BCUT2D eigenvalue weighted by atomic mass is 10.0. The summed E-state index contributed by atoms with van der Waals surface area (Å²) in [6.07, 6.45) is 0.435. The SMILES string of the molecule is COc1ccc(C2CC(CNS(=O)(=O)c3ccc(OC)c(F)c3)=NN2c2ccc(Cl)cc2Cl)cc1. The van der Waals surface area contributed by atoms with Crippen molar-refractivity contribution in [2.75, 3.05) is 25.8 Å². The predicted octanol–water partition coefficient (Wildman–Crippen LogP) is 5.44. The largest absolute Gasteiger partial charge is 0.497 e. The van der Waals surface area contributed by atoms with E-state index in [2.05, 4.69) is 9.82 Å². The van der Waals surface area contributed by atoms with Gasteiger partial charge in [-0.15, -0.1) is 0 Å². The molecule has 1 heterocycles. The third-order valence-electron chi connectivity index (χ3n) is 5.53. The number of benzene rings is 3. The first-order valence-electron chi connectivity index (χ1n) is 10.5. The minimum Gasteiger partial charge on any atom is -0.497 e. The Hall–Kier alpha value is -2.85. The van der Waals surface area contributed by atoms with Gasteiger partial charge in [0.2, 0.25) is 10.0 Å². The maximum atomic E-state index is 14.0. The Morgan fingerprint density at radius 1 is 1.06 bits per heavy atom. The number of anilines is 1. The molecule has 4 rings (SSSR count). The van der Waals surface area contributed by atoms with Crippen LogP contribution in [0.25, 0.3) is 0 Å². The summed E-state index contributed by atoms with van der Waals surface area (Å²) in [5, 5.41) is 7.31. The normalized spacial score (nSPS) is 15.7. The Bertz CT molecular complexity index is 1370. The van der Waals surface area contributed by atoms with Crippen LogP contribution >= 0.6 is 23.2 Å². The van der Waals surface area contributed by atoms with Crippen LogP contribution in [0.4, 0.5) is 10.1 Å². The van der Waals surface area contributed by atoms with E-state index in [1.807, 2.05) is 24.3 Å². The predicted molar refractivity (Wildman–Crippen MR) is 135 cm³/mol. The fourth-order valence-electron chi connectivity index (χ4n) is 3.73. The van der Waals surface area contributed by atoms with Gasteiger partial charge in [0.25, 0.3) is 0 Å². The standard InChI is InChI=1S/C24H22Cl2FN3O4S/c1-33-18-6-3-15(4-7-18)23-12-17(29-30(23)22-9-5-16(25)11-20(22)26)14-28-35(31,32)19-8-10-24(34-2)21(27)13-19/h3-11,13,23,28H,12,14H2,1-2H3. The molecule has 3 aromatic rings. The van der Waals surface area contributed by atoms with E-state index in [0.29, 0.717) is 33.6 Å². The number of rotatable bonds is 8. The lowest BCUT2D eigenvalue weighted by Crippen LogP contribution is -2.29. The highest BCUT2D eigenvalue weighted by Gasteiger charge is 2.31. The van der Waals surface area contributed by atoms with Crippen LogP contribution in [-0.2, 0) is 10.0 Å². The highest BCUT2D eigenvalue weighted by molar-refractivity contribution is 7.89. The van der Waals surface area contributed by atoms with E-state index in [4.69, 9.17) is 32.7 Å². The molecule has 1 N–H and O–H groups in total.